The molecular formula is C36H47N3O8. The van der Waals surface area contributed by atoms with E-state index >= 15 is 0 Å². The van der Waals surface area contributed by atoms with Gasteiger partial charge in [0.2, 0.25) is 0 Å². The summed E-state index contributed by atoms with van der Waals surface area (Å²) in [6.07, 6.45) is 2.08. The van der Waals surface area contributed by atoms with E-state index in [1.807, 2.05) is 44.2 Å². The third-order valence-electron chi connectivity index (χ3n) is 9.38. The number of aliphatic carboxylic acids is 1. The Morgan fingerprint density at radius 1 is 1.06 bits per heavy atom. The first-order valence-corrected chi connectivity index (χ1v) is 16.4. The number of ether oxygens (including phenoxy) is 3. The van der Waals surface area contributed by atoms with Gasteiger partial charge in [-0.05, 0) is 69.8 Å². The summed E-state index contributed by atoms with van der Waals surface area (Å²) in [4.78, 5) is 55.9. The molecule has 11 nitrogen and oxygen atoms in total. The third kappa shape index (κ3) is 8.06. The predicted molar refractivity (Wildman–Crippen MR) is 175 cm³/mol. The molecule has 2 atom stereocenters. The predicted octanol–water partition coefficient (Wildman–Crippen LogP) is 5.73. The van der Waals surface area contributed by atoms with Crippen LogP contribution in [-0.4, -0.2) is 82.8 Å². The number of piperidine rings is 2. The van der Waals surface area contributed by atoms with Gasteiger partial charge in [-0.2, -0.15) is 0 Å². The molecule has 0 aromatic heterocycles. The number of nitrogens with one attached hydrogen (secondary N) is 1. The Hall–Kier alpha value is -4.12. The number of benzene rings is 2. The van der Waals surface area contributed by atoms with Crippen molar-refractivity contribution in [2.24, 2.45) is 10.8 Å². The van der Waals surface area contributed by atoms with Crippen LogP contribution in [0.4, 0.5) is 10.5 Å². The number of hydrogen-bond donors (Lipinski definition) is 2. The Bertz CT molecular complexity index is 1480. The van der Waals surface area contributed by atoms with Crippen LogP contribution in [-0.2, 0) is 25.7 Å². The summed E-state index contributed by atoms with van der Waals surface area (Å²) in [6.45, 7) is 11.9. The maximum Gasteiger partial charge on any atom is 0.411 e. The van der Waals surface area contributed by atoms with Crippen molar-refractivity contribution in [2.75, 3.05) is 31.5 Å². The van der Waals surface area contributed by atoms with Crippen molar-refractivity contribution in [1.82, 2.24) is 9.80 Å². The van der Waals surface area contributed by atoms with Crippen LogP contribution in [0.3, 0.4) is 0 Å². The first-order valence-electron chi connectivity index (χ1n) is 16.4. The Labute approximate surface area is 276 Å². The van der Waals surface area contributed by atoms with Crippen molar-refractivity contribution in [2.45, 2.75) is 91.1 Å². The number of carbonyl (C=O) groups is 4. The Balaban J connectivity index is 1.30. The maximum atomic E-state index is 14.0. The molecule has 3 fully saturated rings. The standard InChI is InChI=1S/C36H47N3O8/c1-34(2,3)29(31(41)42)46-26-12-13-28(37-33(44)45-21-24-10-7-6-8-11-24)27(20-26)30(40)38-18-14-25(15-19-38)39-17-9-16-36(23-39)22-35(4,5)47-32(36)43/h6-8,10-13,20,25,29H,9,14-19,21-23H2,1-5H3,(H,37,44)(H,41,42). The zero-order chi connectivity index (χ0) is 34.0. The zero-order valence-electron chi connectivity index (χ0n) is 28.0. The number of rotatable bonds is 8. The number of carboxylic acid groups (broad SMARTS) is 1. The average Bonchev–Trinajstić information content (AvgIpc) is 3.24. The quantitative estimate of drug-likeness (QED) is 0.344. The number of carboxylic acids is 1. The van der Waals surface area contributed by atoms with E-state index < -0.39 is 34.6 Å². The van der Waals surface area contributed by atoms with Crippen LogP contribution >= 0.6 is 0 Å². The third-order valence-corrected chi connectivity index (χ3v) is 9.38. The van der Waals surface area contributed by atoms with E-state index in [0.29, 0.717) is 26.1 Å². The number of nitrogens with zero attached hydrogens (tertiary/aromatic N) is 2. The summed E-state index contributed by atoms with van der Waals surface area (Å²) in [5.41, 5.74) is -0.389. The second-order valence-corrected chi connectivity index (χ2v) is 14.8. The van der Waals surface area contributed by atoms with E-state index in [1.54, 1.807) is 31.7 Å². The number of esters is 1. The molecule has 254 valence electrons. The summed E-state index contributed by atoms with van der Waals surface area (Å²) in [7, 11) is 0. The number of amides is 2. The lowest BCUT2D eigenvalue weighted by Gasteiger charge is -2.45. The fraction of sp³-hybridized carbons (Fsp3) is 0.556. The SMILES string of the molecule is CC1(C)CC2(CCCN(C3CCN(C(=O)c4cc(OC(C(=O)O)C(C)(C)C)ccc4NC(=O)OCc4ccccc4)CC3)C2)C(=O)O1. The van der Waals surface area contributed by atoms with Gasteiger partial charge in [-0.1, -0.05) is 51.1 Å². The van der Waals surface area contributed by atoms with Crippen LogP contribution < -0.4 is 10.1 Å². The number of hydrogen-bond acceptors (Lipinski definition) is 8. The first-order chi connectivity index (χ1) is 22.2. The molecular weight excluding hydrogens is 602 g/mol. The van der Waals surface area contributed by atoms with Crippen molar-refractivity contribution in [1.29, 1.82) is 0 Å². The van der Waals surface area contributed by atoms with E-state index in [4.69, 9.17) is 14.2 Å². The van der Waals surface area contributed by atoms with Gasteiger partial charge < -0.3 is 24.2 Å². The van der Waals surface area contributed by atoms with E-state index in [9.17, 15) is 24.3 Å². The maximum absolute atomic E-state index is 14.0. The number of likely N-dealkylation sites (tertiary alicyclic amines) is 2. The fourth-order valence-electron chi connectivity index (χ4n) is 7.16. The number of carbonyl (C=O) groups excluding carboxylic acids is 3. The van der Waals surface area contributed by atoms with Crippen molar-refractivity contribution in [3.05, 3.63) is 59.7 Å². The highest BCUT2D eigenvalue weighted by Gasteiger charge is 2.54. The molecule has 0 saturated carbocycles. The Kier molecular flexibility index (Phi) is 9.86. The first kappa shape index (κ1) is 34.2. The van der Waals surface area contributed by atoms with Gasteiger partial charge in [0, 0.05) is 37.5 Å². The molecule has 5 rings (SSSR count). The lowest BCUT2D eigenvalue weighted by molar-refractivity contribution is -0.155. The summed E-state index contributed by atoms with van der Waals surface area (Å²) in [5, 5.41) is 12.5. The molecule has 0 radical (unpaired) electrons. The van der Waals surface area contributed by atoms with Crippen LogP contribution in [0.25, 0.3) is 0 Å². The smallest absolute Gasteiger partial charge is 0.411 e. The molecule has 3 aliphatic heterocycles. The highest BCUT2D eigenvalue weighted by atomic mass is 16.6. The lowest BCUT2D eigenvalue weighted by Crippen LogP contribution is -2.53. The Morgan fingerprint density at radius 3 is 2.38 bits per heavy atom. The largest absolute Gasteiger partial charge is 0.478 e. The van der Waals surface area contributed by atoms with Gasteiger partial charge in [0.05, 0.1) is 16.7 Å². The second-order valence-electron chi connectivity index (χ2n) is 14.8. The van der Waals surface area contributed by atoms with Gasteiger partial charge in [0.15, 0.2) is 6.10 Å². The minimum absolute atomic E-state index is 0.0591. The van der Waals surface area contributed by atoms with Crippen molar-refractivity contribution < 1.29 is 38.5 Å². The molecule has 3 heterocycles. The fourth-order valence-corrected chi connectivity index (χ4v) is 7.16. The minimum atomic E-state index is -1.16. The van der Waals surface area contributed by atoms with Crippen LogP contribution in [0, 0.1) is 10.8 Å². The molecule has 0 bridgehead atoms. The van der Waals surface area contributed by atoms with E-state index in [2.05, 4.69) is 10.2 Å². The van der Waals surface area contributed by atoms with E-state index in [-0.39, 0.29) is 41.5 Å². The van der Waals surface area contributed by atoms with Crippen molar-refractivity contribution in [3.8, 4) is 5.75 Å². The molecule has 2 unspecified atom stereocenters. The summed E-state index contributed by atoms with van der Waals surface area (Å²) >= 11 is 0. The van der Waals surface area contributed by atoms with Gasteiger partial charge in [-0.25, -0.2) is 9.59 Å². The summed E-state index contributed by atoms with van der Waals surface area (Å²) in [6, 6.07) is 14.1. The van der Waals surface area contributed by atoms with Gasteiger partial charge in [-0.15, -0.1) is 0 Å². The number of cyclic esters (lactones) is 1. The molecule has 1 spiro atoms. The van der Waals surface area contributed by atoms with Crippen LogP contribution in [0.5, 0.6) is 5.75 Å². The summed E-state index contributed by atoms with van der Waals surface area (Å²) in [5.74, 6) is -1.31. The molecule has 2 aromatic carbocycles. The molecule has 2 N–H and O–H groups in total. The van der Waals surface area contributed by atoms with Gasteiger partial charge >= 0.3 is 18.0 Å². The van der Waals surface area contributed by atoms with E-state index in [0.717, 1.165) is 37.8 Å². The molecule has 3 saturated heterocycles. The topological polar surface area (TPSA) is 135 Å². The highest BCUT2D eigenvalue weighted by molar-refractivity contribution is 6.03. The molecule has 11 heteroatoms. The average molecular weight is 650 g/mol. The van der Waals surface area contributed by atoms with Crippen molar-refractivity contribution in [3.63, 3.8) is 0 Å². The van der Waals surface area contributed by atoms with Gasteiger partial charge in [0.1, 0.15) is 18.0 Å². The highest BCUT2D eigenvalue weighted by Crippen LogP contribution is 2.46. The monoisotopic (exact) mass is 649 g/mol. The molecule has 0 aliphatic carbocycles. The molecule has 2 amide bonds. The Morgan fingerprint density at radius 2 is 1.77 bits per heavy atom. The second kappa shape index (κ2) is 13.5. The number of anilines is 1. The van der Waals surface area contributed by atoms with Gasteiger partial charge in [0.25, 0.3) is 5.91 Å². The van der Waals surface area contributed by atoms with Crippen LogP contribution in [0.1, 0.15) is 82.6 Å². The molecule has 2 aromatic rings. The minimum Gasteiger partial charge on any atom is -0.478 e. The van der Waals surface area contributed by atoms with Crippen molar-refractivity contribution >= 4 is 29.6 Å². The van der Waals surface area contributed by atoms with Crippen LogP contribution in [0.2, 0.25) is 0 Å². The normalized spacial score (nSPS) is 22.4. The van der Waals surface area contributed by atoms with Gasteiger partial charge in [-0.3, -0.25) is 19.8 Å². The van der Waals surface area contributed by atoms with E-state index in [1.165, 1.54) is 12.1 Å². The molecule has 47 heavy (non-hydrogen) atoms. The molecule has 3 aliphatic rings. The summed E-state index contributed by atoms with van der Waals surface area (Å²) < 4.78 is 17.0. The van der Waals surface area contributed by atoms with Crippen LogP contribution in [0.15, 0.2) is 48.5 Å². The zero-order valence-corrected chi connectivity index (χ0v) is 28.0. The lowest BCUT2D eigenvalue weighted by atomic mass is 9.74.